The maximum Gasteiger partial charge on any atom is 0.305 e. The van der Waals surface area contributed by atoms with Gasteiger partial charge in [-0.15, -0.1) is 0 Å². The Balaban J connectivity index is 1.45. The lowest BCUT2D eigenvalue weighted by atomic mass is 10.0. The van der Waals surface area contributed by atoms with E-state index in [0.29, 0.717) is 13.0 Å². The topological polar surface area (TPSA) is 38.8 Å². The fraction of sp³-hybridized carbons (Fsp3) is 0.519. The van der Waals surface area contributed by atoms with Gasteiger partial charge in [-0.3, -0.25) is 9.69 Å². The molecule has 0 N–H and O–H groups in total. The van der Waals surface area contributed by atoms with Crippen LogP contribution in [-0.2, 0) is 27.3 Å². The Morgan fingerprint density at radius 2 is 1.61 bits per heavy atom. The first-order chi connectivity index (χ1) is 15.2. The number of likely N-dealkylation sites (tertiary alicyclic amines) is 1. The molecule has 0 saturated carbocycles. The summed E-state index contributed by atoms with van der Waals surface area (Å²) < 4.78 is 11.0. The average Bonchev–Trinajstić information content (AvgIpc) is 2.83. The lowest BCUT2D eigenvalue weighted by Crippen LogP contribution is -2.41. The zero-order valence-electron chi connectivity index (χ0n) is 19.1. The molecule has 4 heteroatoms. The van der Waals surface area contributed by atoms with Gasteiger partial charge in [0, 0.05) is 19.5 Å². The summed E-state index contributed by atoms with van der Waals surface area (Å²) in [5.41, 5.74) is 5.10. The first-order valence-electron chi connectivity index (χ1n) is 11.8. The maximum atomic E-state index is 11.2. The molecule has 3 rings (SSSR count). The van der Waals surface area contributed by atoms with Crippen LogP contribution in [0.4, 0.5) is 0 Å². The number of benzene rings is 2. The van der Waals surface area contributed by atoms with E-state index >= 15 is 0 Å². The predicted molar refractivity (Wildman–Crippen MR) is 126 cm³/mol. The van der Waals surface area contributed by atoms with E-state index in [1.54, 1.807) is 0 Å². The first kappa shape index (κ1) is 23.5. The van der Waals surface area contributed by atoms with Gasteiger partial charge in [0.25, 0.3) is 0 Å². The molecule has 0 bridgehead atoms. The standard InChI is InChI=1S/C27H37NO3/c1-3-22-11-15-24(16-12-22)25-17-13-23(14-18-25)21-31-26-9-6-8-20-28(26)19-7-4-5-10-27(29)30-2/h11-18,26H,3-10,19-21H2,1-2H3. The molecule has 2 aromatic rings. The Hall–Kier alpha value is -2.17. The predicted octanol–water partition coefficient (Wildman–Crippen LogP) is 5.98. The number of aryl methyl sites for hydroxylation is 1. The van der Waals surface area contributed by atoms with Crippen LogP contribution in [0.2, 0.25) is 0 Å². The van der Waals surface area contributed by atoms with Crippen molar-refractivity contribution in [2.24, 2.45) is 0 Å². The largest absolute Gasteiger partial charge is 0.469 e. The molecule has 1 unspecified atom stereocenters. The molecule has 0 amide bonds. The number of esters is 1. The molecule has 1 heterocycles. The van der Waals surface area contributed by atoms with Gasteiger partial charge >= 0.3 is 5.97 Å². The SMILES string of the molecule is CCc1ccc(-c2ccc(COC3CCCCN3CCCCCC(=O)OC)cc2)cc1. The second-order valence-electron chi connectivity index (χ2n) is 8.43. The molecule has 1 aliphatic rings. The quantitative estimate of drug-likeness (QED) is 0.329. The summed E-state index contributed by atoms with van der Waals surface area (Å²) in [6.07, 6.45) is 8.43. The van der Waals surface area contributed by atoms with Crippen LogP contribution in [0, 0.1) is 0 Å². The highest BCUT2D eigenvalue weighted by Gasteiger charge is 2.22. The number of ether oxygens (including phenoxy) is 2. The van der Waals surface area contributed by atoms with E-state index in [9.17, 15) is 4.79 Å². The molecule has 1 atom stereocenters. The van der Waals surface area contributed by atoms with Crippen LogP contribution >= 0.6 is 0 Å². The fourth-order valence-electron chi connectivity index (χ4n) is 4.19. The third-order valence-electron chi connectivity index (χ3n) is 6.20. The molecular formula is C27H37NO3. The van der Waals surface area contributed by atoms with E-state index in [1.807, 2.05) is 0 Å². The van der Waals surface area contributed by atoms with Crippen molar-refractivity contribution < 1.29 is 14.3 Å². The van der Waals surface area contributed by atoms with E-state index in [2.05, 4.69) is 60.4 Å². The second-order valence-corrected chi connectivity index (χ2v) is 8.43. The summed E-state index contributed by atoms with van der Waals surface area (Å²) in [5, 5.41) is 0. The van der Waals surface area contributed by atoms with Crippen LogP contribution < -0.4 is 0 Å². The third kappa shape index (κ3) is 7.48. The minimum Gasteiger partial charge on any atom is -0.469 e. The molecule has 2 aromatic carbocycles. The molecule has 0 aromatic heterocycles. The number of carbonyl (C=O) groups is 1. The number of methoxy groups -OCH3 is 1. The van der Waals surface area contributed by atoms with Crippen molar-refractivity contribution in [1.29, 1.82) is 0 Å². The molecule has 1 fully saturated rings. The smallest absolute Gasteiger partial charge is 0.305 e. The van der Waals surface area contributed by atoms with Crippen molar-refractivity contribution in [2.75, 3.05) is 20.2 Å². The lowest BCUT2D eigenvalue weighted by molar-refractivity contribution is -0.140. The van der Waals surface area contributed by atoms with Gasteiger partial charge in [0.2, 0.25) is 0 Å². The number of nitrogens with zero attached hydrogens (tertiary/aromatic N) is 1. The van der Waals surface area contributed by atoms with Gasteiger partial charge in [0.1, 0.15) is 6.23 Å². The minimum absolute atomic E-state index is 0.108. The molecule has 4 nitrogen and oxygen atoms in total. The highest BCUT2D eigenvalue weighted by Crippen LogP contribution is 2.23. The Kier molecular flexibility index (Phi) is 9.57. The van der Waals surface area contributed by atoms with Crippen molar-refractivity contribution in [3.63, 3.8) is 0 Å². The molecule has 31 heavy (non-hydrogen) atoms. The number of carbonyl (C=O) groups excluding carboxylic acids is 1. The molecule has 1 aliphatic heterocycles. The van der Waals surface area contributed by atoms with Gasteiger partial charge in [-0.25, -0.2) is 0 Å². The second kappa shape index (κ2) is 12.6. The molecule has 0 spiro atoms. The van der Waals surface area contributed by atoms with Gasteiger partial charge in [0.15, 0.2) is 0 Å². The van der Waals surface area contributed by atoms with Crippen LogP contribution in [0.5, 0.6) is 0 Å². The van der Waals surface area contributed by atoms with Crippen molar-refractivity contribution >= 4 is 5.97 Å². The molecule has 0 radical (unpaired) electrons. The Morgan fingerprint density at radius 3 is 2.26 bits per heavy atom. The van der Waals surface area contributed by atoms with Crippen LogP contribution in [0.15, 0.2) is 48.5 Å². The van der Waals surface area contributed by atoms with Gasteiger partial charge in [-0.1, -0.05) is 61.9 Å². The zero-order chi connectivity index (χ0) is 21.9. The molecule has 1 saturated heterocycles. The van der Waals surface area contributed by atoms with Crippen LogP contribution in [0.1, 0.15) is 63.0 Å². The number of hydrogen-bond donors (Lipinski definition) is 0. The van der Waals surface area contributed by atoms with Gasteiger partial charge in [-0.2, -0.15) is 0 Å². The van der Waals surface area contributed by atoms with Crippen LogP contribution in [0.25, 0.3) is 11.1 Å². The molecular weight excluding hydrogens is 386 g/mol. The Labute approximate surface area is 187 Å². The Morgan fingerprint density at radius 1 is 0.935 bits per heavy atom. The summed E-state index contributed by atoms with van der Waals surface area (Å²) in [5.74, 6) is -0.108. The number of unbranched alkanes of at least 4 members (excludes halogenated alkanes) is 2. The molecule has 0 aliphatic carbocycles. The molecule has 168 valence electrons. The first-order valence-corrected chi connectivity index (χ1v) is 11.8. The van der Waals surface area contributed by atoms with Crippen molar-refractivity contribution in [3.8, 4) is 11.1 Å². The zero-order valence-corrected chi connectivity index (χ0v) is 19.1. The van der Waals surface area contributed by atoms with Gasteiger partial charge in [0.05, 0.1) is 13.7 Å². The minimum atomic E-state index is -0.108. The summed E-state index contributed by atoms with van der Waals surface area (Å²) in [4.78, 5) is 13.7. The summed E-state index contributed by atoms with van der Waals surface area (Å²) in [6, 6.07) is 17.6. The summed E-state index contributed by atoms with van der Waals surface area (Å²) in [6.45, 7) is 4.98. The fourth-order valence-corrected chi connectivity index (χ4v) is 4.19. The normalized spacial score (nSPS) is 16.9. The van der Waals surface area contributed by atoms with E-state index in [4.69, 9.17) is 9.47 Å². The van der Waals surface area contributed by atoms with E-state index in [1.165, 1.54) is 42.2 Å². The number of piperidine rings is 1. The van der Waals surface area contributed by atoms with E-state index < -0.39 is 0 Å². The van der Waals surface area contributed by atoms with Crippen molar-refractivity contribution in [3.05, 3.63) is 59.7 Å². The van der Waals surface area contributed by atoms with Gasteiger partial charge < -0.3 is 9.47 Å². The number of rotatable bonds is 11. The highest BCUT2D eigenvalue weighted by atomic mass is 16.5. The van der Waals surface area contributed by atoms with Crippen molar-refractivity contribution in [1.82, 2.24) is 4.90 Å². The van der Waals surface area contributed by atoms with Gasteiger partial charge in [-0.05, 0) is 60.8 Å². The third-order valence-corrected chi connectivity index (χ3v) is 6.20. The van der Waals surface area contributed by atoms with Crippen LogP contribution in [-0.4, -0.2) is 37.3 Å². The van der Waals surface area contributed by atoms with E-state index in [-0.39, 0.29) is 12.2 Å². The summed E-state index contributed by atoms with van der Waals surface area (Å²) in [7, 11) is 1.45. The average molecular weight is 424 g/mol. The Bertz CT molecular complexity index is 785. The highest BCUT2D eigenvalue weighted by molar-refractivity contribution is 5.69. The number of hydrogen-bond acceptors (Lipinski definition) is 4. The summed E-state index contributed by atoms with van der Waals surface area (Å²) >= 11 is 0. The van der Waals surface area contributed by atoms with Crippen molar-refractivity contribution in [2.45, 2.75) is 71.1 Å². The maximum absolute atomic E-state index is 11.2. The van der Waals surface area contributed by atoms with E-state index in [0.717, 1.165) is 45.2 Å². The monoisotopic (exact) mass is 423 g/mol. The lowest BCUT2D eigenvalue weighted by Gasteiger charge is -2.35. The van der Waals surface area contributed by atoms with Crippen LogP contribution in [0.3, 0.4) is 0 Å².